The fourth-order valence-corrected chi connectivity index (χ4v) is 6.18. The number of benzene rings is 3. The maximum Gasteiger partial charge on any atom is 0.254 e. The Morgan fingerprint density at radius 2 is 1.67 bits per heavy atom. The molecule has 10 heteroatoms. The number of hydrogen-bond donors (Lipinski definition) is 1. The summed E-state index contributed by atoms with van der Waals surface area (Å²) in [4.78, 5) is 57.0. The fraction of sp³-hybridized carbons (Fsp3) is 0.371. The van der Waals surface area contributed by atoms with Crippen molar-refractivity contribution in [2.75, 3.05) is 33.2 Å². The lowest BCUT2D eigenvalue weighted by Crippen LogP contribution is -2.58. The molecule has 0 radical (unpaired) electrons. The predicted molar refractivity (Wildman–Crippen MR) is 166 cm³/mol. The number of piperidine rings is 1. The molecule has 4 bridgehead atoms. The highest BCUT2D eigenvalue weighted by Gasteiger charge is 2.34. The fourth-order valence-electron chi connectivity index (χ4n) is 6.18. The summed E-state index contributed by atoms with van der Waals surface area (Å²) in [6.07, 6.45) is 1.16. The molecule has 1 saturated heterocycles. The molecule has 3 aromatic carbocycles. The van der Waals surface area contributed by atoms with Gasteiger partial charge in [0.15, 0.2) is 0 Å². The highest BCUT2D eigenvalue weighted by molar-refractivity contribution is 5.98. The van der Waals surface area contributed by atoms with Crippen LogP contribution in [0.2, 0.25) is 0 Å². The van der Waals surface area contributed by atoms with Gasteiger partial charge in [-0.3, -0.25) is 19.2 Å². The van der Waals surface area contributed by atoms with Crippen molar-refractivity contribution >= 4 is 23.6 Å². The minimum absolute atomic E-state index is 0.0529. The zero-order valence-corrected chi connectivity index (χ0v) is 25.4. The van der Waals surface area contributed by atoms with Crippen molar-refractivity contribution in [3.63, 3.8) is 0 Å². The first kappa shape index (κ1) is 30.3. The van der Waals surface area contributed by atoms with Crippen LogP contribution in [0.25, 0.3) is 0 Å². The molecule has 3 aliphatic heterocycles. The molecule has 234 valence electrons. The Morgan fingerprint density at radius 3 is 2.47 bits per heavy atom. The van der Waals surface area contributed by atoms with E-state index in [9.17, 15) is 19.2 Å². The number of hydrogen-bond acceptors (Lipinski definition) is 6. The summed E-state index contributed by atoms with van der Waals surface area (Å²) < 4.78 is 12.5. The molecule has 3 heterocycles. The third-order valence-electron chi connectivity index (χ3n) is 8.67. The number of aryl methyl sites for hydroxylation is 1. The van der Waals surface area contributed by atoms with Crippen LogP contribution in [-0.4, -0.2) is 83.7 Å². The second-order valence-electron chi connectivity index (χ2n) is 11.9. The van der Waals surface area contributed by atoms with E-state index in [1.807, 2.05) is 72.8 Å². The van der Waals surface area contributed by atoms with Gasteiger partial charge in [-0.2, -0.15) is 0 Å². The summed E-state index contributed by atoms with van der Waals surface area (Å²) in [5.74, 6) is 0.779. The van der Waals surface area contributed by atoms with Crippen LogP contribution in [0.15, 0.2) is 72.8 Å². The lowest BCUT2D eigenvalue weighted by atomic mass is 10.0. The second kappa shape index (κ2) is 13.5. The zero-order valence-electron chi connectivity index (χ0n) is 25.4. The third kappa shape index (κ3) is 7.34. The smallest absolute Gasteiger partial charge is 0.254 e. The Morgan fingerprint density at radius 1 is 0.911 bits per heavy atom. The van der Waals surface area contributed by atoms with E-state index >= 15 is 0 Å². The van der Waals surface area contributed by atoms with Crippen LogP contribution in [0.1, 0.15) is 46.3 Å². The van der Waals surface area contributed by atoms with Crippen LogP contribution in [-0.2, 0) is 38.7 Å². The van der Waals surface area contributed by atoms with Crippen molar-refractivity contribution < 1.29 is 28.7 Å². The monoisotopic (exact) mass is 610 g/mol. The topological polar surface area (TPSA) is 108 Å². The summed E-state index contributed by atoms with van der Waals surface area (Å²) in [5.41, 5.74) is 3.56. The number of likely N-dealkylation sites (N-methyl/N-ethyl adjacent to an activating group) is 1. The second-order valence-corrected chi connectivity index (χ2v) is 11.9. The molecule has 0 saturated carbocycles. The van der Waals surface area contributed by atoms with Crippen LogP contribution in [0.5, 0.6) is 11.5 Å². The van der Waals surface area contributed by atoms with Crippen LogP contribution in [0, 0.1) is 0 Å². The third-order valence-corrected chi connectivity index (χ3v) is 8.67. The van der Waals surface area contributed by atoms with Gasteiger partial charge in [0.25, 0.3) is 5.91 Å². The minimum atomic E-state index is -0.463. The molecule has 0 aromatic heterocycles. The summed E-state index contributed by atoms with van der Waals surface area (Å²) in [6.45, 7) is 1.79. The van der Waals surface area contributed by atoms with E-state index in [2.05, 4.69) is 5.32 Å². The number of carbonyl (C=O) groups excluding carboxylic acids is 4. The molecule has 0 spiro atoms. The molecular weight excluding hydrogens is 572 g/mol. The summed E-state index contributed by atoms with van der Waals surface area (Å²) in [7, 11) is 1.62. The molecule has 45 heavy (non-hydrogen) atoms. The lowest BCUT2D eigenvalue weighted by molar-refractivity contribution is -0.138. The number of carbonyl (C=O) groups is 4. The molecule has 1 fully saturated rings. The molecule has 2 atom stereocenters. The standard InChI is InChI=1S/C35H38N4O6/c1-37-22-32(40)36-30-21-38(34(42)15-17-39-20-26-8-2-3-11-29(26)35(39)43)16-14-31(30)44-23-25-7-5-10-28(19-25)45-27-9-4-6-24(18-27)12-13-33(37)41/h2-11,18-19,30-31H,12-17,20-23H2,1H3,(H,36,40)/t30-,31+/m0/s1. The summed E-state index contributed by atoms with van der Waals surface area (Å²) >= 11 is 0. The van der Waals surface area contributed by atoms with E-state index in [1.165, 1.54) is 4.90 Å². The van der Waals surface area contributed by atoms with Gasteiger partial charge in [-0.25, -0.2) is 0 Å². The number of ether oxygens (including phenoxy) is 2. The van der Waals surface area contributed by atoms with E-state index in [0.29, 0.717) is 56.1 Å². The quantitative estimate of drug-likeness (QED) is 0.486. The van der Waals surface area contributed by atoms with Gasteiger partial charge in [0.05, 0.1) is 25.3 Å². The van der Waals surface area contributed by atoms with Gasteiger partial charge in [-0.15, -0.1) is 0 Å². The Labute approximate surface area is 262 Å². The molecule has 3 aliphatic rings. The minimum Gasteiger partial charge on any atom is -0.457 e. The van der Waals surface area contributed by atoms with Crippen molar-refractivity contribution in [3.05, 3.63) is 95.1 Å². The van der Waals surface area contributed by atoms with Gasteiger partial charge in [0, 0.05) is 51.6 Å². The molecule has 6 rings (SSSR count). The summed E-state index contributed by atoms with van der Waals surface area (Å²) in [5, 5.41) is 3.05. The van der Waals surface area contributed by atoms with E-state index in [0.717, 1.165) is 16.7 Å². The highest BCUT2D eigenvalue weighted by atomic mass is 16.5. The molecular formula is C35H38N4O6. The molecule has 0 unspecified atom stereocenters. The molecule has 4 amide bonds. The number of nitrogens with one attached hydrogen (secondary N) is 1. The highest BCUT2D eigenvalue weighted by Crippen LogP contribution is 2.26. The van der Waals surface area contributed by atoms with E-state index in [1.54, 1.807) is 16.8 Å². The maximum atomic E-state index is 13.3. The van der Waals surface area contributed by atoms with E-state index in [-0.39, 0.29) is 55.7 Å². The van der Waals surface area contributed by atoms with Crippen LogP contribution >= 0.6 is 0 Å². The van der Waals surface area contributed by atoms with E-state index in [4.69, 9.17) is 9.47 Å². The molecule has 10 nitrogen and oxygen atoms in total. The van der Waals surface area contributed by atoms with Gasteiger partial charge in [0.2, 0.25) is 17.7 Å². The number of likely N-dealkylation sites (tertiary alicyclic amines) is 1. The van der Waals surface area contributed by atoms with Crippen molar-refractivity contribution in [2.45, 2.75) is 51.0 Å². The van der Waals surface area contributed by atoms with Gasteiger partial charge >= 0.3 is 0 Å². The Balaban J connectivity index is 1.14. The predicted octanol–water partition coefficient (Wildman–Crippen LogP) is 3.53. The number of amides is 4. The first-order valence-corrected chi connectivity index (χ1v) is 15.5. The number of fused-ring (bicyclic) bond motifs is 6. The van der Waals surface area contributed by atoms with Crippen LogP contribution in [0.3, 0.4) is 0 Å². The Hall–Kier alpha value is -4.70. The average molecular weight is 611 g/mol. The molecule has 3 aromatic rings. The van der Waals surface area contributed by atoms with Crippen molar-refractivity contribution in [3.8, 4) is 11.5 Å². The SMILES string of the molecule is CN1CC(=O)N[C@H]2CN(C(=O)CCN3Cc4ccccc4C3=O)CC[C@H]2OCc2cccc(c2)Oc2cccc(c2)CCC1=O. The first-order chi connectivity index (χ1) is 21.8. The van der Waals surface area contributed by atoms with Gasteiger partial charge in [-0.05, 0) is 59.9 Å². The lowest BCUT2D eigenvalue weighted by Gasteiger charge is -2.39. The molecule has 1 N–H and O–H groups in total. The largest absolute Gasteiger partial charge is 0.457 e. The average Bonchev–Trinajstić information content (AvgIpc) is 3.36. The van der Waals surface area contributed by atoms with Gasteiger partial charge in [0.1, 0.15) is 11.5 Å². The van der Waals surface area contributed by atoms with Gasteiger partial charge < -0.3 is 29.5 Å². The van der Waals surface area contributed by atoms with Crippen LogP contribution < -0.4 is 10.1 Å². The van der Waals surface area contributed by atoms with Gasteiger partial charge in [-0.1, -0.05) is 42.5 Å². The number of nitrogens with zero attached hydrogens (tertiary/aromatic N) is 3. The molecule has 0 aliphatic carbocycles. The maximum absolute atomic E-state index is 13.3. The van der Waals surface area contributed by atoms with E-state index < -0.39 is 6.04 Å². The summed E-state index contributed by atoms with van der Waals surface area (Å²) in [6, 6.07) is 22.4. The van der Waals surface area contributed by atoms with Crippen molar-refractivity contribution in [1.29, 1.82) is 0 Å². The Kier molecular flexibility index (Phi) is 9.11. The van der Waals surface area contributed by atoms with Crippen LogP contribution in [0.4, 0.5) is 0 Å². The number of rotatable bonds is 3. The zero-order chi connectivity index (χ0) is 31.3. The Bertz CT molecular complexity index is 1590. The first-order valence-electron chi connectivity index (χ1n) is 15.5. The van der Waals surface area contributed by atoms with Crippen molar-refractivity contribution in [1.82, 2.24) is 20.0 Å². The normalized spacial score (nSPS) is 20.8. The van der Waals surface area contributed by atoms with Crippen molar-refractivity contribution in [2.24, 2.45) is 0 Å².